The number of amides is 1. The van der Waals surface area contributed by atoms with Crippen LogP contribution in [0.5, 0.6) is 5.75 Å². The summed E-state index contributed by atoms with van der Waals surface area (Å²) in [5, 5.41) is 9.34. The van der Waals surface area contributed by atoms with Gasteiger partial charge in [0.05, 0.1) is 20.3 Å². The van der Waals surface area contributed by atoms with Crippen LogP contribution in [0.1, 0.15) is 35.2 Å². The van der Waals surface area contributed by atoms with Crippen LogP contribution in [0, 0.1) is 5.92 Å². The lowest BCUT2D eigenvalue weighted by Crippen LogP contribution is -2.55. The fourth-order valence-electron chi connectivity index (χ4n) is 4.64. The molecule has 2 fully saturated rings. The van der Waals surface area contributed by atoms with Gasteiger partial charge in [-0.25, -0.2) is 0 Å². The average molecular weight is 403 g/mol. The molecule has 6 nitrogen and oxygen atoms in total. The quantitative estimate of drug-likeness (QED) is 0.677. The standard InChI is InChI=1S/C23H34N2O4/c1-3-5-18-16-19(7-8-22(18)28-2)23(27)25-10-9-21(20(17-25)6-4-13-26)24-11-14-29-15-12-24/h3,7-8,16,20-21,26H,1,4-6,9-15,17H2,2H3/t20-,21+/m1/s1. The molecule has 2 heterocycles. The van der Waals surface area contributed by atoms with Crippen LogP contribution in [0.3, 0.4) is 0 Å². The molecule has 0 aromatic heterocycles. The van der Waals surface area contributed by atoms with Crippen LogP contribution in [0.2, 0.25) is 0 Å². The van der Waals surface area contributed by atoms with E-state index in [-0.39, 0.29) is 12.5 Å². The van der Waals surface area contributed by atoms with E-state index >= 15 is 0 Å². The third-order valence-electron chi connectivity index (χ3n) is 6.12. The lowest BCUT2D eigenvalue weighted by atomic mass is 9.86. The first kappa shape index (κ1) is 21.8. The van der Waals surface area contributed by atoms with E-state index in [1.165, 1.54) is 0 Å². The second-order valence-corrected chi connectivity index (χ2v) is 7.90. The van der Waals surface area contributed by atoms with Crippen LogP contribution < -0.4 is 4.74 Å². The number of nitrogens with zero attached hydrogens (tertiary/aromatic N) is 2. The molecule has 1 aromatic rings. The number of hydrogen-bond acceptors (Lipinski definition) is 5. The number of aliphatic hydroxyl groups is 1. The summed E-state index contributed by atoms with van der Waals surface area (Å²) in [5.74, 6) is 1.24. The van der Waals surface area contributed by atoms with Crippen molar-refractivity contribution in [2.24, 2.45) is 5.92 Å². The van der Waals surface area contributed by atoms with Crippen molar-refractivity contribution in [3.05, 3.63) is 42.0 Å². The van der Waals surface area contributed by atoms with Crippen LogP contribution in [0.15, 0.2) is 30.9 Å². The molecule has 1 aromatic carbocycles. The lowest BCUT2D eigenvalue weighted by molar-refractivity contribution is -0.0196. The molecule has 0 unspecified atom stereocenters. The maximum absolute atomic E-state index is 13.2. The first-order chi connectivity index (χ1) is 14.2. The number of hydrogen-bond donors (Lipinski definition) is 1. The van der Waals surface area contributed by atoms with E-state index in [1.807, 2.05) is 29.2 Å². The largest absolute Gasteiger partial charge is 0.496 e. The Labute approximate surface area is 174 Å². The summed E-state index contributed by atoms with van der Waals surface area (Å²) in [6, 6.07) is 6.11. The highest BCUT2D eigenvalue weighted by Crippen LogP contribution is 2.29. The van der Waals surface area contributed by atoms with Gasteiger partial charge in [-0.1, -0.05) is 6.08 Å². The van der Waals surface area contributed by atoms with E-state index < -0.39 is 0 Å². The van der Waals surface area contributed by atoms with Crippen LogP contribution in [0.4, 0.5) is 0 Å². The van der Waals surface area contributed by atoms with Crippen LogP contribution in [-0.4, -0.2) is 80.0 Å². The van der Waals surface area contributed by atoms with E-state index in [1.54, 1.807) is 7.11 Å². The number of methoxy groups -OCH3 is 1. The molecule has 29 heavy (non-hydrogen) atoms. The second-order valence-electron chi connectivity index (χ2n) is 7.90. The van der Waals surface area contributed by atoms with Gasteiger partial charge in [0, 0.05) is 44.4 Å². The maximum Gasteiger partial charge on any atom is 0.253 e. The van der Waals surface area contributed by atoms with Crippen molar-refractivity contribution in [3.63, 3.8) is 0 Å². The van der Waals surface area contributed by atoms with Gasteiger partial charge in [-0.15, -0.1) is 6.58 Å². The highest BCUT2D eigenvalue weighted by Gasteiger charge is 2.35. The minimum atomic E-state index is 0.0763. The van der Waals surface area contributed by atoms with Crippen LogP contribution in [-0.2, 0) is 11.2 Å². The summed E-state index contributed by atoms with van der Waals surface area (Å²) in [5.41, 5.74) is 1.68. The van der Waals surface area contributed by atoms with Gasteiger partial charge in [-0.3, -0.25) is 9.69 Å². The SMILES string of the molecule is C=CCc1cc(C(=O)N2CC[C@H](N3CCOCC3)[C@H](CCCO)C2)ccc1OC. The minimum absolute atomic E-state index is 0.0763. The minimum Gasteiger partial charge on any atom is -0.496 e. The summed E-state index contributed by atoms with van der Waals surface area (Å²) in [7, 11) is 1.64. The molecule has 2 aliphatic rings. The summed E-state index contributed by atoms with van der Waals surface area (Å²) in [6.45, 7) is 8.98. The Hall–Kier alpha value is -1.89. The van der Waals surface area contributed by atoms with Crippen molar-refractivity contribution in [2.75, 3.05) is 53.1 Å². The van der Waals surface area contributed by atoms with Crippen molar-refractivity contribution >= 4 is 5.91 Å². The van der Waals surface area contributed by atoms with E-state index in [0.29, 0.717) is 23.9 Å². The number of rotatable bonds is 8. The number of ether oxygens (including phenoxy) is 2. The zero-order chi connectivity index (χ0) is 20.6. The first-order valence-electron chi connectivity index (χ1n) is 10.7. The predicted octanol–water partition coefficient (Wildman–Crippen LogP) is 2.36. The maximum atomic E-state index is 13.2. The number of allylic oxidation sites excluding steroid dienone is 1. The van der Waals surface area contributed by atoms with Gasteiger partial charge >= 0.3 is 0 Å². The van der Waals surface area contributed by atoms with Gasteiger partial charge in [0.15, 0.2) is 0 Å². The van der Waals surface area contributed by atoms with E-state index in [0.717, 1.165) is 70.0 Å². The smallest absolute Gasteiger partial charge is 0.253 e. The highest BCUT2D eigenvalue weighted by molar-refractivity contribution is 5.94. The average Bonchev–Trinajstić information content (AvgIpc) is 2.77. The number of carbonyl (C=O) groups is 1. The number of benzene rings is 1. The van der Waals surface area contributed by atoms with Gasteiger partial charge in [-0.05, 0) is 55.4 Å². The molecule has 2 atom stereocenters. The molecule has 2 saturated heterocycles. The van der Waals surface area contributed by atoms with Gasteiger partial charge in [0.2, 0.25) is 0 Å². The van der Waals surface area contributed by atoms with Crippen molar-refractivity contribution in [2.45, 2.75) is 31.7 Å². The Balaban J connectivity index is 1.72. The molecular weight excluding hydrogens is 368 g/mol. The molecule has 3 rings (SSSR count). The van der Waals surface area contributed by atoms with Gasteiger partial charge in [0.1, 0.15) is 5.75 Å². The molecule has 0 radical (unpaired) electrons. The number of piperidine rings is 1. The van der Waals surface area contributed by atoms with Gasteiger partial charge in [0.25, 0.3) is 5.91 Å². The van der Waals surface area contributed by atoms with Gasteiger partial charge in [-0.2, -0.15) is 0 Å². The Morgan fingerprint density at radius 3 is 2.83 bits per heavy atom. The van der Waals surface area contributed by atoms with E-state index in [9.17, 15) is 9.90 Å². The Kier molecular flexibility index (Phi) is 8.09. The highest BCUT2D eigenvalue weighted by atomic mass is 16.5. The monoisotopic (exact) mass is 402 g/mol. The summed E-state index contributed by atoms with van der Waals surface area (Å²) < 4.78 is 10.9. The summed E-state index contributed by atoms with van der Waals surface area (Å²) in [6.07, 6.45) is 5.18. The molecule has 1 N–H and O–H groups in total. The molecule has 6 heteroatoms. The fraction of sp³-hybridized carbons (Fsp3) is 0.609. The Morgan fingerprint density at radius 1 is 1.34 bits per heavy atom. The zero-order valence-electron chi connectivity index (χ0n) is 17.5. The van der Waals surface area contributed by atoms with Crippen LogP contribution >= 0.6 is 0 Å². The third-order valence-corrected chi connectivity index (χ3v) is 6.12. The molecule has 0 bridgehead atoms. The molecule has 0 spiro atoms. The molecule has 2 aliphatic heterocycles. The van der Waals surface area contributed by atoms with Crippen molar-refractivity contribution in [1.29, 1.82) is 0 Å². The van der Waals surface area contributed by atoms with Crippen LogP contribution in [0.25, 0.3) is 0 Å². The van der Waals surface area contributed by atoms with Gasteiger partial charge < -0.3 is 19.5 Å². The molecule has 0 saturated carbocycles. The predicted molar refractivity (Wildman–Crippen MR) is 113 cm³/mol. The van der Waals surface area contributed by atoms with E-state index in [2.05, 4.69) is 11.5 Å². The van der Waals surface area contributed by atoms with E-state index in [4.69, 9.17) is 9.47 Å². The molecular formula is C23H34N2O4. The normalized spacial score (nSPS) is 23.0. The molecule has 1 amide bonds. The molecule has 0 aliphatic carbocycles. The third kappa shape index (κ3) is 5.38. The van der Waals surface area contributed by atoms with Crippen molar-refractivity contribution in [3.8, 4) is 5.75 Å². The van der Waals surface area contributed by atoms with Crippen molar-refractivity contribution in [1.82, 2.24) is 9.80 Å². The molecule has 160 valence electrons. The number of morpholine rings is 1. The number of aliphatic hydroxyl groups excluding tert-OH is 1. The Morgan fingerprint density at radius 2 is 2.14 bits per heavy atom. The summed E-state index contributed by atoms with van der Waals surface area (Å²) in [4.78, 5) is 17.7. The number of carbonyl (C=O) groups excluding carboxylic acids is 1. The second kappa shape index (κ2) is 10.8. The zero-order valence-corrected chi connectivity index (χ0v) is 17.5. The lowest BCUT2D eigenvalue weighted by Gasteiger charge is -2.45. The van der Waals surface area contributed by atoms with Crippen molar-refractivity contribution < 1.29 is 19.4 Å². The summed E-state index contributed by atoms with van der Waals surface area (Å²) >= 11 is 0. The fourth-order valence-corrected chi connectivity index (χ4v) is 4.64. The number of likely N-dealkylation sites (tertiary alicyclic amines) is 1. The topological polar surface area (TPSA) is 62.2 Å². The first-order valence-corrected chi connectivity index (χ1v) is 10.7. The Bertz CT molecular complexity index is 687.